The molecule has 0 saturated carbocycles. The van der Waals surface area contributed by atoms with Crippen molar-refractivity contribution in [1.29, 1.82) is 0 Å². The Morgan fingerprint density at radius 1 is 1.38 bits per heavy atom. The van der Waals surface area contributed by atoms with Crippen molar-refractivity contribution in [2.75, 3.05) is 6.54 Å². The van der Waals surface area contributed by atoms with E-state index in [4.69, 9.17) is 4.42 Å². The number of carbonyl (C=O) groups excluding carboxylic acids is 1. The first-order valence-electron chi connectivity index (χ1n) is 7.98. The Balaban J connectivity index is 2.23. The summed E-state index contributed by atoms with van der Waals surface area (Å²) in [6.07, 6.45) is 1.14. The lowest BCUT2D eigenvalue weighted by atomic mass is 10.0. The lowest BCUT2D eigenvalue weighted by molar-refractivity contribution is 0.0323. The van der Waals surface area contributed by atoms with Gasteiger partial charge in [0.2, 0.25) is 0 Å². The minimum atomic E-state index is -1.37. The highest BCUT2D eigenvalue weighted by atomic mass is 16.4. The SMILES string of the molecule is CCc1n[nH]c(=O)c(C(=O)NCC(C)(O)c2ccc(C)o2)c1CC. The number of furan rings is 1. The number of nitrogens with zero attached hydrogens (tertiary/aromatic N) is 1. The second kappa shape index (κ2) is 7.00. The number of amides is 1. The zero-order valence-electron chi connectivity index (χ0n) is 14.4. The van der Waals surface area contributed by atoms with E-state index in [0.717, 1.165) is 0 Å². The summed E-state index contributed by atoms with van der Waals surface area (Å²) in [5.41, 5.74) is -0.530. The lowest BCUT2D eigenvalue weighted by Gasteiger charge is -2.21. The Labute approximate surface area is 140 Å². The van der Waals surface area contributed by atoms with E-state index < -0.39 is 17.1 Å². The van der Waals surface area contributed by atoms with E-state index in [1.807, 2.05) is 13.8 Å². The number of aliphatic hydroxyl groups is 1. The third-order valence-corrected chi connectivity index (χ3v) is 3.95. The smallest absolute Gasteiger partial charge is 0.277 e. The van der Waals surface area contributed by atoms with E-state index >= 15 is 0 Å². The average Bonchev–Trinajstić information content (AvgIpc) is 2.99. The van der Waals surface area contributed by atoms with Gasteiger partial charge in [-0.1, -0.05) is 13.8 Å². The number of carbonyl (C=O) groups is 1. The average molecular weight is 333 g/mol. The van der Waals surface area contributed by atoms with Gasteiger partial charge in [0.1, 0.15) is 22.7 Å². The molecule has 7 heteroatoms. The number of rotatable bonds is 6. The fourth-order valence-electron chi connectivity index (χ4n) is 2.59. The van der Waals surface area contributed by atoms with E-state index in [-0.39, 0.29) is 12.1 Å². The molecular formula is C17H23N3O4. The predicted molar refractivity (Wildman–Crippen MR) is 89.0 cm³/mol. The minimum Gasteiger partial charge on any atom is -0.463 e. The standard InChI is InChI=1S/C17H23N3O4/c1-5-11-12(6-2)19-20-16(22)14(11)15(21)18-9-17(4,23)13-8-7-10(3)24-13/h7-8,23H,5-6,9H2,1-4H3,(H,18,21)(H,20,22). The Bertz CT molecular complexity index is 789. The highest BCUT2D eigenvalue weighted by molar-refractivity contribution is 5.95. The quantitative estimate of drug-likeness (QED) is 0.741. The fourth-order valence-corrected chi connectivity index (χ4v) is 2.59. The van der Waals surface area contributed by atoms with E-state index in [1.165, 1.54) is 0 Å². The van der Waals surface area contributed by atoms with E-state index in [0.29, 0.717) is 35.6 Å². The molecule has 0 aliphatic carbocycles. The van der Waals surface area contributed by atoms with Crippen LogP contribution in [0.4, 0.5) is 0 Å². The molecule has 2 rings (SSSR count). The van der Waals surface area contributed by atoms with Crippen LogP contribution in [0.5, 0.6) is 0 Å². The fraction of sp³-hybridized carbons (Fsp3) is 0.471. The number of nitrogens with one attached hydrogen (secondary N) is 2. The summed E-state index contributed by atoms with van der Waals surface area (Å²) in [6, 6.07) is 3.40. The summed E-state index contributed by atoms with van der Waals surface area (Å²) in [7, 11) is 0. The molecule has 24 heavy (non-hydrogen) atoms. The summed E-state index contributed by atoms with van der Waals surface area (Å²) < 4.78 is 5.41. The predicted octanol–water partition coefficient (Wildman–Crippen LogP) is 1.43. The summed E-state index contributed by atoms with van der Waals surface area (Å²) in [5, 5.41) is 19.4. The molecule has 0 radical (unpaired) electrons. The summed E-state index contributed by atoms with van der Waals surface area (Å²) >= 11 is 0. The van der Waals surface area contributed by atoms with Crippen molar-refractivity contribution in [2.45, 2.75) is 46.1 Å². The highest BCUT2D eigenvalue weighted by Crippen LogP contribution is 2.22. The van der Waals surface area contributed by atoms with Crippen LogP contribution in [0.15, 0.2) is 21.3 Å². The summed E-state index contributed by atoms with van der Waals surface area (Å²) in [5.74, 6) is 0.491. The highest BCUT2D eigenvalue weighted by Gasteiger charge is 2.28. The summed E-state index contributed by atoms with van der Waals surface area (Å²) in [4.78, 5) is 24.5. The maximum Gasteiger partial charge on any atom is 0.277 e. The Morgan fingerprint density at radius 2 is 2.08 bits per heavy atom. The molecule has 0 aliphatic heterocycles. The van der Waals surface area contributed by atoms with Crippen LogP contribution < -0.4 is 10.9 Å². The van der Waals surface area contributed by atoms with Gasteiger partial charge < -0.3 is 14.8 Å². The van der Waals surface area contributed by atoms with E-state index in [9.17, 15) is 14.7 Å². The lowest BCUT2D eigenvalue weighted by Crippen LogP contribution is -2.41. The zero-order chi connectivity index (χ0) is 17.9. The van der Waals surface area contributed by atoms with Crippen molar-refractivity contribution in [3.63, 3.8) is 0 Å². The van der Waals surface area contributed by atoms with Crippen LogP contribution in [0.1, 0.15) is 53.9 Å². The maximum absolute atomic E-state index is 12.5. The normalized spacial score (nSPS) is 13.5. The van der Waals surface area contributed by atoms with Crippen LogP contribution in [0.25, 0.3) is 0 Å². The van der Waals surface area contributed by atoms with Gasteiger partial charge in [-0.05, 0) is 44.4 Å². The number of hydrogen-bond donors (Lipinski definition) is 3. The van der Waals surface area contributed by atoms with Crippen LogP contribution in [-0.4, -0.2) is 27.8 Å². The van der Waals surface area contributed by atoms with Gasteiger partial charge in [-0.2, -0.15) is 5.10 Å². The van der Waals surface area contributed by atoms with Crippen molar-refractivity contribution >= 4 is 5.91 Å². The molecule has 130 valence electrons. The molecule has 2 aromatic rings. The van der Waals surface area contributed by atoms with Crippen LogP contribution in [0.3, 0.4) is 0 Å². The number of aryl methyl sites for hydroxylation is 2. The first-order chi connectivity index (χ1) is 11.3. The van der Waals surface area contributed by atoms with Gasteiger partial charge in [0.05, 0.1) is 12.2 Å². The molecule has 3 N–H and O–H groups in total. The number of aromatic amines is 1. The van der Waals surface area contributed by atoms with Crippen molar-refractivity contribution in [3.05, 3.63) is 50.8 Å². The van der Waals surface area contributed by atoms with Crippen LogP contribution in [0.2, 0.25) is 0 Å². The van der Waals surface area contributed by atoms with Gasteiger partial charge in [-0.25, -0.2) is 5.10 Å². The van der Waals surface area contributed by atoms with Gasteiger partial charge in [-0.3, -0.25) is 9.59 Å². The van der Waals surface area contributed by atoms with Crippen LogP contribution in [0, 0.1) is 6.92 Å². The monoisotopic (exact) mass is 333 g/mol. The largest absolute Gasteiger partial charge is 0.463 e. The van der Waals surface area contributed by atoms with Crippen molar-refractivity contribution in [1.82, 2.24) is 15.5 Å². The molecule has 0 fully saturated rings. The Kier molecular flexibility index (Phi) is 5.23. The topological polar surface area (TPSA) is 108 Å². The molecule has 2 heterocycles. The minimum absolute atomic E-state index is 0.0516. The first-order valence-corrected chi connectivity index (χ1v) is 7.98. The molecular weight excluding hydrogens is 310 g/mol. The van der Waals surface area contributed by atoms with Gasteiger partial charge in [0.25, 0.3) is 11.5 Å². The Hall–Kier alpha value is -2.41. The molecule has 0 bridgehead atoms. The molecule has 0 saturated heterocycles. The number of aromatic nitrogens is 2. The van der Waals surface area contributed by atoms with Gasteiger partial charge >= 0.3 is 0 Å². The van der Waals surface area contributed by atoms with Crippen molar-refractivity contribution < 1.29 is 14.3 Å². The van der Waals surface area contributed by atoms with E-state index in [2.05, 4.69) is 15.5 Å². The molecule has 0 aromatic carbocycles. The van der Waals surface area contributed by atoms with Gasteiger partial charge in [0, 0.05) is 0 Å². The zero-order valence-corrected chi connectivity index (χ0v) is 14.4. The van der Waals surface area contributed by atoms with Gasteiger partial charge in [0.15, 0.2) is 0 Å². The molecule has 1 unspecified atom stereocenters. The summed E-state index contributed by atoms with van der Waals surface area (Å²) in [6.45, 7) is 7.01. The molecule has 2 aromatic heterocycles. The third kappa shape index (κ3) is 3.56. The maximum atomic E-state index is 12.5. The molecule has 7 nitrogen and oxygen atoms in total. The second-order valence-corrected chi connectivity index (χ2v) is 5.93. The third-order valence-electron chi connectivity index (χ3n) is 3.95. The van der Waals surface area contributed by atoms with Crippen molar-refractivity contribution in [3.8, 4) is 0 Å². The molecule has 0 aliphatic rings. The van der Waals surface area contributed by atoms with Crippen LogP contribution in [-0.2, 0) is 18.4 Å². The van der Waals surface area contributed by atoms with Crippen LogP contribution >= 0.6 is 0 Å². The Morgan fingerprint density at radius 3 is 2.62 bits per heavy atom. The molecule has 0 spiro atoms. The van der Waals surface area contributed by atoms with Crippen molar-refractivity contribution in [2.24, 2.45) is 0 Å². The molecule has 1 amide bonds. The number of hydrogen-bond acceptors (Lipinski definition) is 5. The molecule has 1 atom stereocenters. The first kappa shape index (κ1) is 17.9. The van der Waals surface area contributed by atoms with Gasteiger partial charge in [-0.15, -0.1) is 0 Å². The second-order valence-electron chi connectivity index (χ2n) is 5.93. The number of H-pyrrole nitrogens is 1. The van der Waals surface area contributed by atoms with E-state index in [1.54, 1.807) is 26.0 Å².